The molecule has 2 aliphatic rings. The Balaban J connectivity index is 1.57. The van der Waals surface area contributed by atoms with Gasteiger partial charge in [0.05, 0.1) is 6.61 Å². The molecule has 4 nitrogen and oxygen atoms in total. The van der Waals surface area contributed by atoms with Crippen molar-refractivity contribution >= 4 is 5.91 Å². The number of hydrogen-bond donors (Lipinski definition) is 1. The van der Waals surface area contributed by atoms with Crippen LogP contribution in [0.3, 0.4) is 0 Å². The molecule has 0 bridgehead atoms. The summed E-state index contributed by atoms with van der Waals surface area (Å²) in [5, 5.41) is 10.0. The normalized spacial score (nSPS) is 25.4. The summed E-state index contributed by atoms with van der Waals surface area (Å²) in [5.41, 5.74) is 4.96. The molecule has 2 aromatic rings. The molecular weight excluding hydrogens is 348 g/mol. The van der Waals surface area contributed by atoms with Crippen LogP contribution in [0.4, 0.5) is 0 Å². The lowest BCUT2D eigenvalue weighted by Crippen LogP contribution is -2.67. The van der Waals surface area contributed by atoms with E-state index in [9.17, 15) is 9.90 Å². The number of aliphatic hydroxyl groups excluding tert-OH is 1. The van der Waals surface area contributed by atoms with E-state index in [1.807, 2.05) is 4.90 Å². The predicted molar refractivity (Wildman–Crippen MR) is 112 cm³/mol. The first-order valence-electron chi connectivity index (χ1n) is 10.4. The smallest absolute Gasteiger partial charge is 0.219 e. The number of aryl methyl sites for hydroxylation is 1. The highest BCUT2D eigenvalue weighted by atomic mass is 16.3. The van der Waals surface area contributed by atoms with Gasteiger partial charge in [-0.3, -0.25) is 9.69 Å². The lowest BCUT2D eigenvalue weighted by molar-refractivity contribution is -0.134. The summed E-state index contributed by atoms with van der Waals surface area (Å²) in [5.74, 6) is 0.430. The van der Waals surface area contributed by atoms with Crippen LogP contribution < -0.4 is 0 Å². The number of carbonyl (C=O) groups excluding carboxylic acids is 1. The SMILES string of the molecule is CC(=O)N1CCCCN2[C@H](CO)[C@H](c3ccc(-c4ccc(C)cc4)cc3)[C@H]2C1. The Hall–Kier alpha value is -2.17. The molecule has 0 radical (unpaired) electrons. The second-order valence-corrected chi connectivity index (χ2v) is 8.24. The third kappa shape index (κ3) is 3.59. The van der Waals surface area contributed by atoms with Crippen molar-refractivity contribution in [1.29, 1.82) is 0 Å². The Morgan fingerprint density at radius 3 is 2.21 bits per heavy atom. The van der Waals surface area contributed by atoms with Crippen LogP contribution in [0.25, 0.3) is 11.1 Å². The van der Waals surface area contributed by atoms with Gasteiger partial charge in [-0.2, -0.15) is 0 Å². The highest BCUT2D eigenvalue weighted by Crippen LogP contribution is 2.42. The minimum atomic E-state index is 0.155. The molecule has 2 aliphatic heterocycles. The van der Waals surface area contributed by atoms with Gasteiger partial charge in [-0.05, 0) is 43.0 Å². The molecule has 0 unspecified atom stereocenters. The first-order valence-corrected chi connectivity index (χ1v) is 10.4. The fourth-order valence-corrected chi connectivity index (χ4v) is 4.87. The fraction of sp³-hybridized carbons (Fsp3) is 0.458. The highest BCUT2D eigenvalue weighted by molar-refractivity contribution is 5.73. The largest absolute Gasteiger partial charge is 0.395 e. The Bertz CT molecular complexity index is 816. The summed E-state index contributed by atoms with van der Waals surface area (Å²) >= 11 is 0. The number of rotatable bonds is 3. The molecule has 2 fully saturated rings. The highest BCUT2D eigenvalue weighted by Gasteiger charge is 2.49. The van der Waals surface area contributed by atoms with Gasteiger partial charge in [-0.1, -0.05) is 54.1 Å². The van der Waals surface area contributed by atoms with Crippen LogP contribution in [0.2, 0.25) is 0 Å². The standard InChI is InChI=1S/C24H30N2O2/c1-17-5-7-19(8-6-17)20-9-11-21(12-10-20)24-22-15-25(18(2)28)13-3-4-14-26(22)23(24)16-27/h5-12,22-24,27H,3-4,13-16H2,1-2H3/t22-,23-,24-/m1/s1. The number of carbonyl (C=O) groups is 1. The van der Waals surface area contributed by atoms with Crippen LogP contribution in [0.5, 0.6) is 0 Å². The Kier molecular flexibility index (Phi) is 5.51. The van der Waals surface area contributed by atoms with E-state index >= 15 is 0 Å². The number of fused-ring (bicyclic) bond motifs is 1. The average Bonchev–Trinajstić information content (AvgIpc) is 2.67. The molecule has 0 spiro atoms. The van der Waals surface area contributed by atoms with Crippen LogP contribution in [0.1, 0.15) is 36.8 Å². The van der Waals surface area contributed by atoms with Crippen molar-refractivity contribution in [1.82, 2.24) is 9.80 Å². The summed E-state index contributed by atoms with van der Waals surface area (Å²) in [6.45, 7) is 6.56. The Morgan fingerprint density at radius 2 is 1.61 bits per heavy atom. The summed E-state index contributed by atoms with van der Waals surface area (Å²) < 4.78 is 0. The molecule has 2 saturated heterocycles. The number of amides is 1. The molecule has 148 valence electrons. The third-order valence-corrected chi connectivity index (χ3v) is 6.50. The van der Waals surface area contributed by atoms with Crippen LogP contribution in [0, 0.1) is 6.92 Å². The van der Waals surface area contributed by atoms with Gasteiger partial charge in [0.2, 0.25) is 5.91 Å². The number of benzene rings is 2. The summed E-state index contributed by atoms with van der Waals surface area (Å²) in [4.78, 5) is 16.4. The summed E-state index contributed by atoms with van der Waals surface area (Å²) in [6.07, 6.45) is 2.12. The molecule has 1 amide bonds. The fourth-order valence-electron chi connectivity index (χ4n) is 4.87. The molecule has 1 N–H and O–H groups in total. The van der Waals surface area contributed by atoms with Crippen molar-refractivity contribution in [2.45, 2.75) is 44.7 Å². The van der Waals surface area contributed by atoms with E-state index in [0.29, 0.717) is 6.04 Å². The van der Waals surface area contributed by atoms with Gasteiger partial charge in [-0.15, -0.1) is 0 Å². The van der Waals surface area contributed by atoms with Gasteiger partial charge in [-0.25, -0.2) is 0 Å². The van der Waals surface area contributed by atoms with E-state index in [1.165, 1.54) is 22.3 Å². The van der Waals surface area contributed by atoms with Gasteiger partial charge in [0.15, 0.2) is 0 Å². The van der Waals surface area contributed by atoms with Crippen molar-refractivity contribution in [2.24, 2.45) is 0 Å². The zero-order valence-corrected chi connectivity index (χ0v) is 16.8. The second kappa shape index (κ2) is 8.06. The van der Waals surface area contributed by atoms with Crippen LogP contribution in [0.15, 0.2) is 48.5 Å². The molecule has 28 heavy (non-hydrogen) atoms. The topological polar surface area (TPSA) is 43.8 Å². The van der Waals surface area contributed by atoms with Gasteiger partial charge in [0, 0.05) is 38.0 Å². The van der Waals surface area contributed by atoms with Crippen LogP contribution in [-0.2, 0) is 4.79 Å². The molecular formula is C24H30N2O2. The van der Waals surface area contributed by atoms with E-state index in [1.54, 1.807) is 6.92 Å². The Morgan fingerprint density at radius 1 is 1.00 bits per heavy atom. The van der Waals surface area contributed by atoms with Crippen LogP contribution >= 0.6 is 0 Å². The van der Waals surface area contributed by atoms with Crippen LogP contribution in [-0.4, -0.2) is 59.1 Å². The first kappa shape index (κ1) is 19.2. The van der Waals surface area contributed by atoms with Crippen molar-refractivity contribution in [3.63, 3.8) is 0 Å². The maximum absolute atomic E-state index is 12.0. The molecule has 0 aliphatic carbocycles. The van der Waals surface area contributed by atoms with Crippen molar-refractivity contribution < 1.29 is 9.90 Å². The first-order chi connectivity index (χ1) is 13.6. The minimum absolute atomic E-state index is 0.155. The van der Waals surface area contributed by atoms with Gasteiger partial charge >= 0.3 is 0 Å². The minimum Gasteiger partial charge on any atom is -0.395 e. The molecule has 0 aromatic heterocycles. The predicted octanol–water partition coefficient (Wildman–Crippen LogP) is 3.43. The zero-order valence-electron chi connectivity index (χ0n) is 16.8. The lowest BCUT2D eigenvalue weighted by Gasteiger charge is -2.57. The molecule has 4 heteroatoms. The quantitative estimate of drug-likeness (QED) is 0.890. The van der Waals surface area contributed by atoms with Gasteiger partial charge in [0.1, 0.15) is 0 Å². The van der Waals surface area contributed by atoms with E-state index in [2.05, 4.69) is 60.4 Å². The zero-order chi connectivity index (χ0) is 19.7. The number of nitrogens with zero attached hydrogens (tertiary/aromatic N) is 2. The molecule has 0 saturated carbocycles. The number of hydrogen-bond acceptors (Lipinski definition) is 3. The van der Waals surface area contributed by atoms with E-state index in [0.717, 1.165) is 32.5 Å². The second-order valence-electron chi connectivity index (χ2n) is 8.24. The molecule has 2 aromatic carbocycles. The monoisotopic (exact) mass is 378 g/mol. The van der Waals surface area contributed by atoms with Crippen molar-refractivity contribution in [3.05, 3.63) is 59.7 Å². The third-order valence-electron chi connectivity index (χ3n) is 6.50. The van der Waals surface area contributed by atoms with Crippen molar-refractivity contribution in [2.75, 3.05) is 26.2 Å². The lowest BCUT2D eigenvalue weighted by atomic mass is 9.74. The van der Waals surface area contributed by atoms with E-state index < -0.39 is 0 Å². The summed E-state index contributed by atoms with van der Waals surface area (Å²) in [6, 6.07) is 17.8. The maximum atomic E-state index is 12.0. The van der Waals surface area contributed by atoms with Gasteiger partial charge < -0.3 is 10.0 Å². The molecule has 2 heterocycles. The average molecular weight is 379 g/mol. The maximum Gasteiger partial charge on any atom is 0.219 e. The van der Waals surface area contributed by atoms with Gasteiger partial charge in [0.25, 0.3) is 0 Å². The van der Waals surface area contributed by atoms with Crippen molar-refractivity contribution in [3.8, 4) is 11.1 Å². The summed E-state index contributed by atoms with van der Waals surface area (Å²) in [7, 11) is 0. The van der Waals surface area contributed by atoms with E-state index in [-0.39, 0.29) is 24.5 Å². The Labute approximate surface area is 167 Å². The molecule has 4 rings (SSSR count). The number of aliphatic hydroxyl groups is 1. The molecule has 3 atom stereocenters. The van der Waals surface area contributed by atoms with E-state index in [4.69, 9.17) is 0 Å².